The van der Waals surface area contributed by atoms with Gasteiger partial charge in [0.15, 0.2) is 5.69 Å². The third-order valence-electron chi connectivity index (χ3n) is 4.37. The van der Waals surface area contributed by atoms with Crippen molar-refractivity contribution in [2.75, 3.05) is 7.11 Å². The first-order valence-electron chi connectivity index (χ1n) is 8.19. The molecule has 1 unspecified atom stereocenters. The van der Waals surface area contributed by atoms with Crippen LogP contribution in [0.3, 0.4) is 0 Å². The van der Waals surface area contributed by atoms with Gasteiger partial charge in [0.1, 0.15) is 11.8 Å². The molecule has 7 heteroatoms. The SMILES string of the molecule is COc1ccc(-n2nc(C(=O)N(C3CC3)C(C)C(=O)O)cc2C)cc1. The molecule has 1 N–H and O–H groups in total. The molecule has 0 radical (unpaired) electrons. The van der Waals surface area contributed by atoms with Gasteiger partial charge >= 0.3 is 5.97 Å². The van der Waals surface area contributed by atoms with Crippen molar-refractivity contribution in [1.82, 2.24) is 14.7 Å². The quantitative estimate of drug-likeness (QED) is 0.870. The summed E-state index contributed by atoms with van der Waals surface area (Å²) in [5.41, 5.74) is 1.86. The molecule has 132 valence electrons. The first-order valence-corrected chi connectivity index (χ1v) is 8.19. The van der Waals surface area contributed by atoms with Crippen LogP contribution in [0, 0.1) is 6.92 Å². The van der Waals surface area contributed by atoms with Crippen molar-refractivity contribution >= 4 is 11.9 Å². The fraction of sp³-hybridized carbons (Fsp3) is 0.389. The van der Waals surface area contributed by atoms with Crippen molar-refractivity contribution in [3.05, 3.63) is 41.7 Å². The minimum absolute atomic E-state index is 0.00922. The maximum atomic E-state index is 12.8. The van der Waals surface area contributed by atoms with Crippen molar-refractivity contribution in [2.24, 2.45) is 0 Å². The summed E-state index contributed by atoms with van der Waals surface area (Å²) in [4.78, 5) is 25.6. The minimum atomic E-state index is -1.01. The lowest BCUT2D eigenvalue weighted by Crippen LogP contribution is -2.44. The van der Waals surface area contributed by atoms with Gasteiger partial charge in [0.25, 0.3) is 5.91 Å². The molecule has 1 aliphatic carbocycles. The van der Waals surface area contributed by atoms with E-state index in [0.29, 0.717) is 0 Å². The highest BCUT2D eigenvalue weighted by Gasteiger charge is 2.39. The summed E-state index contributed by atoms with van der Waals surface area (Å²) >= 11 is 0. The van der Waals surface area contributed by atoms with E-state index in [1.54, 1.807) is 17.9 Å². The zero-order valence-electron chi connectivity index (χ0n) is 14.5. The molecule has 0 spiro atoms. The molecule has 2 aromatic rings. The number of rotatable bonds is 6. The lowest BCUT2D eigenvalue weighted by molar-refractivity contribution is -0.141. The van der Waals surface area contributed by atoms with E-state index in [2.05, 4.69) is 5.10 Å². The molecule has 1 heterocycles. The Labute approximate surface area is 145 Å². The summed E-state index contributed by atoms with van der Waals surface area (Å²) < 4.78 is 6.82. The zero-order chi connectivity index (χ0) is 18.1. The van der Waals surface area contributed by atoms with Crippen molar-refractivity contribution in [3.63, 3.8) is 0 Å². The van der Waals surface area contributed by atoms with Crippen LogP contribution in [-0.4, -0.2) is 50.9 Å². The molecular formula is C18H21N3O4. The second-order valence-corrected chi connectivity index (χ2v) is 6.24. The first kappa shape index (κ1) is 17.0. The molecule has 25 heavy (non-hydrogen) atoms. The van der Waals surface area contributed by atoms with E-state index < -0.39 is 12.0 Å². The molecule has 1 saturated carbocycles. The van der Waals surface area contributed by atoms with Crippen LogP contribution in [0.25, 0.3) is 5.69 Å². The molecule has 0 bridgehead atoms. The van der Waals surface area contributed by atoms with E-state index in [9.17, 15) is 14.7 Å². The van der Waals surface area contributed by atoms with Crippen LogP contribution in [0.2, 0.25) is 0 Å². The van der Waals surface area contributed by atoms with Crippen LogP contribution in [0.4, 0.5) is 0 Å². The number of carbonyl (C=O) groups excluding carboxylic acids is 1. The van der Waals surface area contributed by atoms with Crippen LogP contribution in [-0.2, 0) is 4.79 Å². The third-order valence-corrected chi connectivity index (χ3v) is 4.37. The maximum Gasteiger partial charge on any atom is 0.326 e. The summed E-state index contributed by atoms with van der Waals surface area (Å²) in [6, 6.07) is 8.16. The number of carbonyl (C=O) groups is 2. The fourth-order valence-electron chi connectivity index (χ4n) is 2.83. The Morgan fingerprint density at radius 1 is 1.32 bits per heavy atom. The Balaban J connectivity index is 1.90. The molecule has 3 rings (SSSR count). The Bertz CT molecular complexity index is 793. The van der Waals surface area contributed by atoms with Gasteiger partial charge in [0, 0.05) is 11.7 Å². The molecule has 1 atom stereocenters. The van der Waals surface area contributed by atoms with E-state index in [4.69, 9.17) is 4.74 Å². The lowest BCUT2D eigenvalue weighted by atomic mass is 10.2. The Morgan fingerprint density at radius 3 is 2.48 bits per heavy atom. The fourth-order valence-corrected chi connectivity index (χ4v) is 2.83. The highest BCUT2D eigenvalue weighted by Crippen LogP contribution is 2.30. The number of aryl methyl sites for hydroxylation is 1. The van der Waals surface area contributed by atoms with E-state index in [0.717, 1.165) is 30.0 Å². The monoisotopic (exact) mass is 343 g/mol. The maximum absolute atomic E-state index is 12.8. The third kappa shape index (κ3) is 3.35. The number of amides is 1. The number of hydrogen-bond donors (Lipinski definition) is 1. The highest BCUT2D eigenvalue weighted by molar-refractivity contribution is 5.95. The highest BCUT2D eigenvalue weighted by atomic mass is 16.5. The van der Waals surface area contributed by atoms with Crippen LogP contribution in [0.5, 0.6) is 5.75 Å². The molecule has 1 fully saturated rings. The van der Waals surface area contributed by atoms with Crippen molar-refractivity contribution < 1.29 is 19.4 Å². The van der Waals surface area contributed by atoms with Gasteiger partial charge in [-0.3, -0.25) is 4.79 Å². The molecular weight excluding hydrogens is 322 g/mol. The van der Waals surface area contributed by atoms with Crippen LogP contribution < -0.4 is 4.74 Å². The van der Waals surface area contributed by atoms with Gasteiger partial charge in [-0.05, 0) is 57.0 Å². The average Bonchev–Trinajstić information content (AvgIpc) is 3.36. The van der Waals surface area contributed by atoms with Gasteiger partial charge in [-0.15, -0.1) is 0 Å². The number of benzene rings is 1. The topological polar surface area (TPSA) is 84.7 Å². The first-order chi connectivity index (χ1) is 11.9. The Morgan fingerprint density at radius 2 is 1.96 bits per heavy atom. The van der Waals surface area contributed by atoms with Gasteiger partial charge in [-0.1, -0.05) is 0 Å². The molecule has 0 saturated heterocycles. The van der Waals surface area contributed by atoms with Gasteiger partial charge in [0.2, 0.25) is 0 Å². The molecule has 1 aromatic carbocycles. The molecule has 0 aliphatic heterocycles. The van der Waals surface area contributed by atoms with E-state index in [1.807, 2.05) is 31.2 Å². The Kier molecular flexibility index (Phi) is 4.48. The summed E-state index contributed by atoms with van der Waals surface area (Å²) in [6.07, 6.45) is 1.67. The normalized spacial score (nSPS) is 14.8. The predicted octanol–water partition coefficient (Wildman–Crippen LogP) is 2.27. The van der Waals surface area contributed by atoms with Gasteiger partial charge < -0.3 is 14.7 Å². The van der Waals surface area contributed by atoms with Gasteiger partial charge in [-0.25, -0.2) is 9.48 Å². The van der Waals surface area contributed by atoms with E-state index in [-0.39, 0.29) is 17.6 Å². The van der Waals surface area contributed by atoms with Crippen LogP contribution >= 0.6 is 0 Å². The van der Waals surface area contributed by atoms with Crippen LogP contribution in [0.1, 0.15) is 35.9 Å². The number of carboxylic acids is 1. The average molecular weight is 343 g/mol. The predicted molar refractivity (Wildman–Crippen MR) is 91.1 cm³/mol. The van der Waals surface area contributed by atoms with Crippen molar-refractivity contribution in [1.29, 1.82) is 0 Å². The molecule has 7 nitrogen and oxygen atoms in total. The largest absolute Gasteiger partial charge is 0.497 e. The summed E-state index contributed by atoms with van der Waals surface area (Å²) in [7, 11) is 1.60. The summed E-state index contributed by atoms with van der Waals surface area (Å²) in [6.45, 7) is 3.39. The number of hydrogen-bond acceptors (Lipinski definition) is 4. The molecule has 1 aromatic heterocycles. The van der Waals surface area contributed by atoms with Gasteiger partial charge in [-0.2, -0.15) is 5.10 Å². The number of aliphatic carboxylic acids is 1. The molecule has 1 aliphatic rings. The van der Waals surface area contributed by atoms with Crippen molar-refractivity contribution in [3.8, 4) is 11.4 Å². The minimum Gasteiger partial charge on any atom is -0.497 e. The summed E-state index contributed by atoms with van der Waals surface area (Å²) in [5.74, 6) is -0.612. The number of nitrogens with zero attached hydrogens (tertiary/aromatic N) is 3. The van der Waals surface area contributed by atoms with Crippen LogP contribution in [0.15, 0.2) is 30.3 Å². The summed E-state index contributed by atoms with van der Waals surface area (Å²) in [5, 5.41) is 13.7. The number of aromatic nitrogens is 2. The van der Waals surface area contributed by atoms with Gasteiger partial charge in [0.05, 0.1) is 12.8 Å². The Hall–Kier alpha value is -2.83. The second-order valence-electron chi connectivity index (χ2n) is 6.24. The smallest absolute Gasteiger partial charge is 0.326 e. The number of carboxylic acid groups (broad SMARTS) is 1. The van der Waals surface area contributed by atoms with Crippen molar-refractivity contribution in [2.45, 2.75) is 38.8 Å². The standard InChI is InChI=1S/C18H21N3O4/c1-11-10-16(17(22)20(13-4-5-13)12(2)18(23)24)19-21(11)14-6-8-15(25-3)9-7-14/h6-10,12-13H,4-5H2,1-3H3,(H,23,24). The van der Waals surface area contributed by atoms with E-state index in [1.165, 1.54) is 11.8 Å². The lowest BCUT2D eigenvalue weighted by Gasteiger charge is -2.25. The number of ether oxygens (including phenoxy) is 1. The van der Waals surface area contributed by atoms with E-state index >= 15 is 0 Å². The number of methoxy groups -OCH3 is 1. The molecule has 1 amide bonds. The zero-order valence-corrected chi connectivity index (χ0v) is 14.5. The second kappa shape index (κ2) is 6.58.